The molecule has 1 aromatic heterocycles. The van der Waals surface area contributed by atoms with Gasteiger partial charge < -0.3 is 11.1 Å². The third-order valence-corrected chi connectivity index (χ3v) is 2.89. The molecule has 2 rings (SSSR count). The molecule has 0 aliphatic rings. The summed E-state index contributed by atoms with van der Waals surface area (Å²) in [6, 6.07) is 1.73. The van der Waals surface area contributed by atoms with E-state index < -0.39 is 17.5 Å². The minimum absolute atomic E-state index is 0.0687. The molecule has 2 aromatic rings. The Hall–Kier alpha value is -2.18. The summed E-state index contributed by atoms with van der Waals surface area (Å²) in [7, 11) is 1.66. The van der Waals surface area contributed by atoms with E-state index in [0.29, 0.717) is 23.6 Å². The van der Waals surface area contributed by atoms with Gasteiger partial charge in [0.05, 0.1) is 11.4 Å². The summed E-state index contributed by atoms with van der Waals surface area (Å²) >= 11 is 0. The molecule has 0 spiro atoms. The number of benzene rings is 1. The Labute approximate surface area is 114 Å². The zero-order valence-electron chi connectivity index (χ0n) is 11.2. The third kappa shape index (κ3) is 2.56. The van der Waals surface area contributed by atoms with Crippen molar-refractivity contribution in [2.75, 3.05) is 11.1 Å². The Kier molecular flexibility index (Phi) is 3.87. The molecule has 4 nitrogen and oxygen atoms in total. The lowest BCUT2D eigenvalue weighted by Gasteiger charge is -2.08. The molecule has 1 aromatic carbocycles. The molecule has 1 heterocycles. The van der Waals surface area contributed by atoms with Gasteiger partial charge in [-0.05, 0) is 6.42 Å². The first-order valence-electron chi connectivity index (χ1n) is 6.17. The van der Waals surface area contributed by atoms with Gasteiger partial charge in [0.1, 0.15) is 0 Å². The van der Waals surface area contributed by atoms with Gasteiger partial charge in [0.15, 0.2) is 23.3 Å². The maximum absolute atomic E-state index is 13.2. The van der Waals surface area contributed by atoms with Crippen molar-refractivity contribution in [3.8, 4) is 0 Å². The number of hydrogen-bond donors (Lipinski definition) is 2. The minimum Gasteiger partial charge on any atom is -0.394 e. The molecular weight excluding hydrogens is 269 g/mol. The zero-order valence-corrected chi connectivity index (χ0v) is 11.2. The highest BCUT2D eigenvalue weighted by Gasteiger charge is 2.15. The van der Waals surface area contributed by atoms with E-state index in [4.69, 9.17) is 5.73 Å². The largest absolute Gasteiger partial charge is 0.394 e. The number of rotatable bonds is 4. The fraction of sp³-hybridized carbons (Fsp3) is 0.308. The Morgan fingerprint density at radius 3 is 2.40 bits per heavy atom. The van der Waals surface area contributed by atoms with E-state index in [9.17, 15) is 13.2 Å². The smallest absolute Gasteiger partial charge is 0.194 e. The highest BCUT2D eigenvalue weighted by molar-refractivity contribution is 5.71. The standard InChI is InChI=1S/C13H15F3N4/c1-3-4-10-12(17)13(20(2)19-10)18-7-5-8(14)11(16)9(15)6-7/h5-6,18H,3-4,17H2,1-2H3. The Morgan fingerprint density at radius 2 is 1.85 bits per heavy atom. The first kappa shape index (κ1) is 14.2. The van der Waals surface area contributed by atoms with Crippen LogP contribution in [0.3, 0.4) is 0 Å². The Bertz CT molecular complexity index is 614. The van der Waals surface area contributed by atoms with Crippen LogP contribution in [0.15, 0.2) is 12.1 Å². The van der Waals surface area contributed by atoms with E-state index >= 15 is 0 Å². The third-order valence-electron chi connectivity index (χ3n) is 2.89. The van der Waals surface area contributed by atoms with Gasteiger partial charge in [0.25, 0.3) is 0 Å². The van der Waals surface area contributed by atoms with Crippen molar-refractivity contribution in [3.63, 3.8) is 0 Å². The lowest BCUT2D eigenvalue weighted by molar-refractivity contribution is 0.448. The summed E-state index contributed by atoms with van der Waals surface area (Å²) in [4.78, 5) is 0. The number of aromatic nitrogens is 2. The number of nitrogens with two attached hydrogens (primary N) is 1. The fourth-order valence-electron chi connectivity index (χ4n) is 1.93. The lowest BCUT2D eigenvalue weighted by atomic mass is 10.2. The number of nitrogen functional groups attached to an aromatic ring is 1. The van der Waals surface area contributed by atoms with Crippen LogP contribution >= 0.6 is 0 Å². The maximum Gasteiger partial charge on any atom is 0.194 e. The summed E-state index contributed by atoms with van der Waals surface area (Å²) in [5.74, 6) is -3.61. The molecule has 0 fully saturated rings. The second-order valence-corrected chi connectivity index (χ2v) is 4.46. The number of anilines is 3. The molecule has 0 radical (unpaired) electrons. The van der Waals surface area contributed by atoms with Crippen LogP contribution in [0, 0.1) is 17.5 Å². The van der Waals surface area contributed by atoms with Crippen LogP contribution in [0.1, 0.15) is 19.0 Å². The molecule has 0 bridgehead atoms. The number of nitrogens with one attached hydrogen (secondary N) is 1. The number of nitrogens with zero attached hydrogens (tertiary/aromatic N) is 2. The van der Waals surface area contributed by atoms with E-state index in [0.717, 1.165) is 18.6 Å². The number of aryl methyl sites for hydroxylation is 2. The molecule has 0 amide bonds. The van der Waals surface area contributed by atoms with Gasteiger partial charge in [-0.25, -0.2) is 13.2 Å². The molecule has 0 atom stereocenters. The molecule has 0 aliphatic carbocycles. The Morgan fingerprint density at radius 1 is 1.25 bits per heavy atom. The summed E-state index contributed by atoms with van der Waals surface area (Å²) < 4.78 is 40.7. The predicted molar refractivity (Wildman–Crippen MR) is 71.2 cm³/mol. The average molecular weight is 284 g/mol. The van der Waals surface area contributed by atoms with Crippen molar-refractivity contribution in [2.45, 2.75) is 19.8 Å². The van der Waals surface area contributed by atoms with Crippen molar-refractivity contribution < 1.29 is 13.2 Å². The molecule has 0 saturated carbocycles. The Balaban J connectivity index is 2.35. The molecular formula is C13H15F3N4. The fourth-order valence-corrected chi connectivity index (χ4v) is 1.93. The molecule has 20 heavy (non-hydrogen) atoms. The topological polar surface area (TPSA) is 55.9 Å². The summed E-state index contributed by atoms with van der Waals surface area (Å²) in [6.45, 7) is 1.99. The first-order valence-corrected chi connectivity index (χ1v) is 6.17. The molecule has 0 unspecified atom stereocenters. The molecule has 108 valence electrons. The van der Waals surface area contributed by atoms with Gasteiger partial charge in [0.2, 0.25) is 0 Å². The minimum atomic E-state index is -1.50. The quantitative estimate of drug-likeness (QED) is 0.848. The summed E-state index contributed by atoms with van der Waals surface area (Å²) in [5.41, 5.74) is 7.13. The zero-order chi connectivity index (χ0) is 14.9. The number of hydrogen-bond acceptors (Lipinski definition) is 3. The second kappa shape index (κ2) is 5.44. The van der Waals surface area contributed by atoms with Crippen molar-refractivity contribution >= 4 is 17.2 Å². The van der Waals surface area contributed by atoms with Gasteiger partial charge in [0, 0.05) is 24.9 Å². The van der Waals surface area contributed by atoms with Gasteiger partial charge in [-0.3, -0.25) is 4.68 Å². The van der Waals surface area contributed by atoms with Gasteiger partial charge in [-0.2, -0.15) is 5.10 Å². The van der Waals surface area contributed by atoms with Gasteiger partial charge in [-0.1, -0.05) is 13.3 Å². The van der Waals surface area contributed by atoms with E-state index in [-0.39, 0.29) is 5.69 Å². The molecule has 0 saturated heterocycles. The monoisotopic (exact) mass is 284 g/mol. The summed E-state index contributed by atoms with van der Waals surface area (Å²) in [5, 5.41) is 6.98. The van der Waals surface area contributed by atoms with Crippen molar-refractivity contribution in [1.82, 2.24) is 9.78 Å². The van der Waals surface area contributed by atoms with Gasteiger partial charge >= 0.3 is 0 Å². The van der Waals surface area contributed by atoms with Crippen molar-refractivity contribution in [1.29, 1.82) is 0 Å². The van der Waals surface area contributed by atoms with Gasteiger partial charge in [-0.15, -0.1) is 0 Å². The first-order chi connectivity index (χ1) is 9.43. The number of halogens is 3. The van der Waals surface area contributed by atoms with Crippen LogP contribution in [0.25, 0.3) is 0 Å². The molecule has 3 N–H and O–H groups in total. The second-order valence-electron chi connectivity index (χ2n) is 4.46. The normalized spacial score (nSPS) is 10.8. The highest BCUT2D eigenvalue weighted by atomic mass is 19.2. The molecule has 7 heteroatoms. The average Bonchev–Trinajstić information content (AvgIpc) is 2.64. The van der Waals surface area contributed by atoms with E-state index in [1.54, 1.807) is 7.05 Å². The van der Waals surface area contributed by atoms with Crippen molar-refractivity contribution in [2.24, 2.45) is 7.05 Å². The lowest BCUT2D eigenvalue weighted by Crippen LogP contribution is -2.03. The predicted octanol–water partition coefficient (Wildman–Crippen LogP) is 3.12. The summed E-state index contributed by atoms with van der Waals surface area (Å²) in [6.07, 6.45) is 1.58. The SMILES string of the molecule is CCCc1nn(C)c(Nc2cc(F)c(F)c(F)c2)c1N. The highest BCUT2D eigenvalue weighted by Crippen LogP contribution is 2.28. The van der Waals surface area contributed by atoms with Crippen LogP contribution in [-0.2, 0) is 13.5 Å². The van der Waals surface area contributed by atoms with Crippen molar-refractivity contribution in [3.05, 3.63) is 35.3 Å². The van der Waals surface area contributed by atoms with Crippen LogP contribution < -0.4 is 11.1 Å². The van der Waals surface area contributed by atoms with E-state index in [1.807, 2.05) is 6.92 Å². The molecule has 0 aliphatic heterocycles. The van der Waals surface area contributed by atoms with Crippen LogP contribution in [0.5, 0.6) is 0 Å². The van der Waals surface area contributed by atoms with E-state index in [1.165, 1.54) is 4.68 Å². The van der Waals surface area contributed by atoms with Crippen LogP contribution in [0.4, 0.5) is 30.4 Å². The maximum atomic E-state index is 13.2. The van der Waals surface area contributed by atoms with Crippen LogP contribution in [-0.4, -0.2) is 9.78 Å². The van der Waals surface area contributed by atoms with E-state index in [2.05, 4.69) is 10.4 Å². The van der Waals surface area contributed by atoms with Crippen LogP contribution in [0.2, 0.25) is 0 Å².